The van der Waals surface area contributed by atoms with Gasteiger partial charge in [0.1, 0.15) is 0 Å². The van der Waals surface area contributed by atoms with Crippen molar-refractivity contribution in [2.45, 2.75) is 13.3 Å². The third kappa shape index (κ3) is 3.75. The van der Waals surface area contributed by atoms with Crippen molar-refractivity contribution in [2.75, 3.05) is 19.0 Å². The average molecular weight is 393 g/mol. The molecule has 2 aromatic heterocycles. The number of nitrogens with one attached hydrogen (secondary N) is 2. The van der Waals surface area contributed by atoms with E-state index in [0.717, 1.165) is 16.8 Å². The minimum Gasteiger partial charge on any atom is -0.469 e. The second-order valence-corrected chi connectivity index (χ2v) is 6.32. The van der Waals surface area contributed by atoms with Crippen LogP contribution in [-0.4, -0.2) is 45.2 Å². The van der Waals surface area contributed by atoms with Crippen LogP contribution in [0.2, 0.25) is 0 Å². The third-order valence-electron chi connectivity index (χ3n) is 4.37. The second-order valence-electron chi connectivity index (χ2n) is 6.32. The van der Waals surface area contributed by atoms with Crippen LogP contribution < -0.4 is 5.32 Å². The quantitative estimate of drug-likeness (QED) is 0.485. The number of methoxy groups -OCH3 is 1. The number of ether oxygens (including phenoxy) is 2. The maximum absolute atomic E-state index is 11.9. The molecule has 0 saturated carbocycles. The Morgan fingerprint density at radius 1 is 1.14 bits per heavy atom. The van der Waals surface area contributed by atoms with Gasteiger partial charge in [0.25, 0.3) is 5.78 Å². The Morgan fingerprint density at radius 2 is 1.93 bits per heavy atom. The molecule has 0 unspecified atom stereocenters. The van der Waals surface area contributed by atoms with Crippen LogP contribution in [0.25, 0.3) is 16.8 Å². The molecule has 4 aromatic rings. The number of hydrogen-bond donors (Lipinski definition) is 2. The molecule has 2 aromatic carbocycles. The molecule has 0 aliphatic heterocycles. The number of benzene rings is 2. The van der Waals surface area contributed by atoms with Crippen molar-refractivity contribution in [1.82, 2.24) is 19.6 Å². The van der Waals surface area contributed by atoms with Gasteiger partial charge in [-0.3, -0.25) is 9.89 Å². The first-order valence-corrected chi connectivity index (χ1v) is 9.05. The molecule has 0 aliphatic carbocycles. The van der Waals surface area contributed by atoms with E-state index >= 15 is 0 Å². The summed E-state index contributed by atoms with van der Waals surface area (Å²) < 4.78 is 11.4. The van der Waals surface area contributed by atoms with Crippen LogP contribution in [0, 0.1) is 0 Å². The first kappa shape index (κ1) is 18.5. The number of fused-ring (bicyclic) bond motifs is 3. The molecule has 0 radical (unpaired) electrons. The van der Waals surface area contributed by atoms with E-state index in [-0.39, 0.29) is 18.4 Å². The lowest BCUT2D eigenvalue weighted by Crippen LogP contribution is -2.04. The SMILES string of the molecule is CCOC(=O)c1ccc2c(c1)nc1nc(Nc3ccc(CC(=O)OC)cc3)[nH]n12. The zero-order chi connectivity index (χ0) is 20.4. The lowest BCUT2D eigenvalue weighted by molar-refractivity contribution is -0.139. The van der Waals surface area contributed by atoms with Gasteiger partial charge in [-0.05, 0) is 42.8 Å². The number of imidazole rings is 1. The van der Waals surface area contributed by atoms with Crippen LogP contribution >= 0.6 is 0 Å². The van der Waals surface area contributed by atoms with Crippen molar-refractivity contribution in [3.8, 4) is 0 Å². The normalized spacial score (nSPS) is 11.0. The molecule has 0 aliphatic rings. The molecule has 2 heterocycles. The molecule has 9 nitrogen and oxygen atoms in total. The Balaban J connectivity index is 1.54. The Morgan fingerprint density at radius 3 is 2.66 bits per heavy atom. The van der Waals surface area contributed by atoms with Gasteiger partial charge in [0.15, 0.2) is 0 Å². The Kier molecular flexibility index (Phi) is 4.86. The number of H-pyrrole nitrogens is 1. The van der Waals surface area contributed by atoms with Crippen LogP contribution in [0.3, 0.4) is 0 Å². The van der Waals surface area contributed by atoms with Crippen LogP contribution in [0.4, 0.5) is 11.6 Å². The van der Waals surface area contributed by atoms with Crippen molar-refractivity contribution < 1.29 is 19.1 Å². The summed E-state index contributed by atoms with van der Waals surface area (Å²) in [6.45, 7) is 2.09. The van der Waals surface area contributed by atoms with E-state index in [9.17, 15) is 9.59 Å². The van der Waals surface area contributed by atoms with Crippen LogP contribution in [0.15, 0.2) is 42.5 Å². The highest BCUT2D eigenvalue weighted by atomic mass is 16.5. The fourth-order valence-electron chi connectivity index (χ4n) is 2.96. The lowest BCUT2D eigenvalue weighted by atomic mass is 10.1. The van der Waals surface area contributed by atoms with Gasteiger partial charge in [0.05, 0.1) is 36.7 Å². The summed E-state index contributed by atoms with van der Waals surface area (Å²) in [7, 11) is 1.37. The Bertz CT molecular complexity index is 1190. The molecule has 2 N–H and O–H groups in total. The molecule has 148 valence electrons. The topological polar surface area (TPSA) is 111 Å². The lowest BCUT2D eigenvalue weighted by Gasteiger charge is -2.04. The van der Waals surface area contributed by atoms with Gasteiger partial charge in [-0.2, -0.15) is 4.98 Å². The highest BCUT2D eigenvalue weighted by Crippen LogP contribution is 2.20. The molecule has 0 spiro atoms. The van der Waals surface area contributed by atoms with Gasteiger partial charge in [-0.15, -0.1) is 0 Å². The zero-order valence-electron chi connectivity index (χ0n) is 15.9. The molecular weight excluding hydrogens is 374 g/mol. The highest BCUT2D eigenvalue weighted by Gasteiger charge is 2.13. The number of carbonyl (C=O) groups excluding carboxylic acids is 2. The van der Waals surface area contributed by atoms with Gasteiger partial charge in [0, 0.05) is 5.69 Å². The van der Waals surface area contributed by atoms with Gasteiger partial charge >= 0.3 is 11.9 Å². The molecule has 0 amide bonds. The molecule has 0 saturated heterocycles. The minimum atomic E-state index is -0.378. The van der Waals surface area contributed by atoms with Gasteiger partial charge in [-0.25, -0.2) is 14.3 Å². The van der Waals surface area contributed by atoms with Crippen LogP contribution in [-0.2, 0) is 20.7 Å². The molecule has 0 bridgehead atoms. The fraction of sp³-hybridized carbons (Fsp3) is 0.200. The van der Waals surface area contributed by atoms with Gasteiger partial charge in [-0.1, -0.05) is 12.1 Å². The Hall–Kier alpha value is -3.88. The number of esters is 2. The van der Waals surface area contributed by atoms with Crippen molar-refractivity contribution >= 4 is 40.4 Å². The maximum atomic E-state index is 11.9. The number of hydrogen-bond acceptors (Lipinski definition) is 7. The van der Waals surface area contributed by atoms with Crippen molar-refractivity contribution in [1.29, 1.82) is 0 Å². The van der Waals surface area contributed by atoms with E-state index in [1.165, 1.54) is 7.11 Å². The average Bonchev–Trinajstić information content (AvgIpc) is 3.26. The predicted octanol–water partition coefficient (Wildman–Crippen LogP) is 2.85. The van der Waals surface area contributed by atoms with Gasteiger partial charge < -0.3 is 14.8 Å². The standard InChI is InChI=1S/C20H19N5O4/c1-3-29-18(27)13-6-9-16-15(11-13)22-20-23-19(24-25(16)20)21-14-7-4-12(5-8-14)10-17(26)28-2/h4-9,11H,3,10H2,1-2H3,(H2,21,22,23,24). The van der Waals surface area contributed by atoms with E-state index in [1.807, 2.05) is 24.3 Å². The van der Waals surface area contributed by atoms with Crippen molar-refractivity contribution in [3.05, 3.63) is 53.6 Å². The zero-order valence-corrected chi connectivity index (χ0v) is 15.9. The summed E-state index contributed by atoms with van der Waals surface area (Å²) in [5, 5.41) is 6.31. The largest absolute Gasteiger partial charge is 0.469 e. The predicted molar refractivity (Wildman–Crippen MR) is 106 cm³/mol. The van der Waals surface area contributed by atoms with Crippen LogP contribution in [0.5, 0.6) is 0 Å². The monoisotopic (exact) mass is 393 g/mol. The highest BCUT2D eigenvalue weighted by molar-refractivity contribution is 5.94. The maximum Gasteiger partial charge on any atom is 0.338 e. The summed E-state index contributed by atoms with van der Waals surface area (Å²) in [6, 6.07) is 12.6. The van der Waals surface area contributed by atoms with E-state index in [2.05, 4.69) is 25.1 Å². The summed E-state index contributed by atoms with van der Waals surface area (Å²) in [6.07, 6.45) is 0.227. The summed E-state index contributed by atoms with van der Waals surface area (Å²) in [4.78, 5) is 32.1. The molecular formula is C20H19N5O4. The molecule has 4 rings (SSSR count). The summed E-state index contributed by atoms with van der Waals surface area (Å²) >= 11 is 0. The van der Waals surface area contributed by atoms with Crippen LogP contribution in [0.1, 0.15) is 22.8 Å². The van der Waals surface area contributed by atoms with Gasteiger partial charge in [0.2, 0.25) is 5.95 Å². The molecule has 0 atom stereocenters. The third-order valence-corrected chi connectivity index (χ3v) is 4.37. The number of aromatic nitrogens is 4. The van der Waals surface area contributed by atoms with Crippen molar-refractivity contribution in [3.63, 3.8) is 0 Å². The number of anilines is 2. The number of carbonyl (C=O) groups is 2. The molecule has 9 heteroatoms. The number of aromatic amines is 1. The Labute approximate surface area is 165 Å². The number of rotatable bonds is 6. The summed E-state index contributed by atoms with van der Waals surface area (Å²) in [5.41, 5.74) is 3.56. The second kappa shape index (κ2) is 7.63. The van der Waals surface area contributed by atoms with E-state index < -0.39 is 0 Å². The van der Waals surface area contributed by atoms with E-state index in [4.69, 9.17) is 4.74 Å². The first-order chi connectivity index (χ1) is 14.1. The van der Waals surface area contributed by atoms with E-state index in [1.54, 1.807) is 29.6 Å². The summed E-state index contributed by atoms with van der Waals surface area (Å²) in [5.74, 6) is 0.336. The smallest absolute Gasteiger partial charge is 0.338 e. The minimum absolute atomic E-state index is 0.227. The van der Waals surface area contributed by atoms with E-state index in [0.29, 0.717) is 29.4 Å². The molecule has 29 heavy (non-hydrogen) atoms. The number of nitrogens with zero attached hydrogens (tertiary/aromatic N) is 3. The molecule has 0 fully saturated rings. The fourth-order valence-corrected chi connectivity index (χ4v) is 2.96. The first-order valence-electron chi connectivity index (χ1n) is 9.05. The van der Waals surface area contributed by atoms with Crippen molar-refractivity contribution in [2.24, 2.45) is 0 Å².